The Bertz CT molecular complexity index is 263. The molecule has 0 saturated carbocycles. The van der Waals surface area contributed by atoms with E-state index >= 15 is 0 Å². The zero-order valence-electron chi connectivity index (χ0n) is 6.90. The molecule has 0 saturated heterocycles. The van der Waals surface area contributed by atoms with Gasteiger partial charge in [0, 0.05) is 4.88 Å². The molecule has 1 aromatic heterocycles. The maximum absolute atomic E-state index is 9.07. The lowest BCUT2D eigenvalue weighted by Gasteiger charge is -2.08. The number of aliphatic hydroxyl groups excluding tert-OH is 1. The molecule has 0 aliphatic heterocycles. The average Bonchev–Trinajstić information content (AvgIpc) is 2.56. The zero-order valence-corrected chi connectivity index (χ0v) is 7.71. The van der Waals surface area contributed by atoms with Crippen molar-refractivity contribution in [3.8, 4) is 6.07 Å². The van der Waals surface area contributed by atoms with Gasteiger partial charge in [0.2, 0.25) is 0 Å². The molecule has 0 amide bonds. The Hall–Kier alpha value is -0.850. The first-order chi connectivity index (χ1) is 5.74. The first-order valence-corrected chi connectivity index (χ1v) is 4.73. The summed E-state index contributed by atoms with van der Waals surface area (Å²) >= 11 is 1.66. The Morgan fingerprint density at radius 2 is 2.50 bits per heavy atom. The molecule has 3 heteroatoms. The number of aliphatic hydroxyl groups is 1. The predicted molar refractivity (Wildman–Crippen MR) is 49.0 cm³/mol. The Kier molecular flexibility index (Phi) is 3.27. The van der Waals surface area contributed by atoms with E-state index in [2.05, 4.69) is 0 Å². The van der Waals surface area contributed by atoms with Gasteiger partial charge in [-0.25, -0.2) is 0 Å². The van der Waals surface area contributed by atoms with Crippen LogP contribution in [0.4, 0.5) is 0 Å². The van der Waals surface area contributed by atoms with Crippen molar-refractivity contribution in [2.24, 2.45) is 0 Å². The molecule has 0 bridgehead atoms. The average molecular weight is 181 g/mol. The molecule has 1 aromatic rings. The van der Waals surface area contributed by atoms with Gasteiger partial charge in [-0.2, -0.15) is 5.26 Å². The maximum Gasteiger partial charge on any atom is 0.141 e. The summed E-state index contributed by atoms with van der Waals surface area (Å²) in [5, 5.41) is 19.5. The molecule has 0 fully saturated rings. The Balaban J connectivity index is 2.51. The van der Waals surface area contributed by atoms with Crippen molar-refractivity contribution in [1.82, 2.24) is 0 Å². The molecule has 0 aliphatic rings. The van der Waals surface area contributed by atoms with Crippen LogP contribution >= 0.6 is 11.3 Å². The van der Waals surface area contributed by atoms with E-state index in [9.17, 15) is 0 Å². The molecule has 12 heavy (non-hydrogen) atoms. The molecule has 0 aromatic carbocycles. The molecule has 1 N–H and O–H groups in total. The minimum Gasteiger partial charge on any atom is -0.378 e. The second-order valence-electron chi connectivity index (χ2n) is 2.80. The van der Waals surface area contributed by atoms with Crippen molar-refractivity contribution in [2.75, 3.05) is 0 Å². The topological polar surface area (TPSA) is 44.0 Å². The third kappa shape index (κ3) is 2.33. The number of rotatable bonds is 3. The van der Waals surface area contributed by atoms with Crippen LogP contribution in [0.2, 0.25) is 0 Å². The highest BCUT2D eigenvalue weighted by atomic mass is 32.1. The number of nitrogens with zero attached hydrogens (tertiary/aromatic N) is 1. The third-order valence-corrected chi connectivity index (χ3v) is 2.86. The van der Waals surface area contributed by atoms with E-state index in [1.54, 1.807) is 11.3 Å². The first-order valence-electron chi connectivity index (χ1n) is 3.85. The SMILES string of the molecule is CC(CC(O)C#N)c1cccs1. The third-order valence-electron chi connectivity index (χ3n) is 1.75. The molecule has 0 spiro atoms. The standard InChI is InChI=1S/C9H11NOS/c1-7(5-8(11)6-10)9-3-2-4-12-9/h2-4,7-8,11H,5H2,1H3. The minimum atomic E-state index is -0.831. The van der Waals surface area contributed by atoms with Crippen LogP contribution in [0.15, 0.2) is 17.5 Å². The van der Waals surface area contributed by atoms with Crippen molar-refractivity contribution in [2.45, 2.75) is 25.4 Å². The lowest BCUT2D eigenvalue weighted by atomic mass is 10.0. The molecule has 2 unspecified atom stereocenters. The van der Waals surface area contributed by atoms with Crippen LogP contribution in [0.5, 0.6) is 0 Å². The molecule has 2 atom stereocenters. The monoisotopic (exact) mass is 181 g/mol. The van der Waals surface area contributed by atoms with Gasteiger partial charge in [0.05, 0.1) is 6.07 Å². The number of nitriles is 1. The summed E-state index contributed by atoms with van der Waals surface area (Å²) < 4.78 is 0. The zero-order chi connectivity index (χ0) is 8.97. The van der Waals surface area contributed by atoms with Crippen molar-refractivity contribution in [1.29, 1.82) is 5.26 Å². The largest absolute Gasteiger partial charge is 0.378 e. The van der Waals surface area contributed by atoms with Crippen LogP contribution in [0.3, 0.4) is 0 Å². The van der Waals surface area contributed by atoms with Crippen molar-refractivity contribution in [3.05, 3.63) is 22.4 Å². The van der Waals surface area contributed by atoms with E-state index in [0.717, 1.165) is 0 Å². The van der Waals surface area contributed by atoms with Crippen molar-refractivity contribution < 1.29 is 5.11 Å². The van der Waals surface area contributed by atoms with E-state index in [1.807, 2.05) is 30.5 Å². The molecule has 1 rings (SSSR count). The summed E-state index contributed by atoms with van der Waals surface area (Å²) in [5.41, 5.74) is 0. The molecule has 0 aliphatic carbocycles. The highest BCUT2D eigenvalue weighted by Gasteiger charge is 2.11. The van der Waals surface area contributed by atoms with Gasteiger partial charge in [0.25, 0.3) is 0 Å². The Morgan fingerprint density at radius 1 is 1.75 bits per heavy atom. The van der Waals surface area contributed by atoms with Crippen LogP contribution in [-0.4, -0.2) is 11.2 Å². The smallest absolute Gasteiger partial charge is 0.141 e. The van der Waals surface area contributed by atoms with Gasteiger partial charge >= 0.3 is 0 Å². The van der Waals surface area contributed by atoms with Crippen molar-refractivity contribution in [3.63, 3.8) is 0 Å². The van der Waals surface area contributed by atoms with E-state index in [0.29, 0.717) is 6.42 Å². The quantitative estimate of drug-likeness (QED) is 0.726. The highest BCUT2D eigenvalue weighted by Crippen LogP contribution is 2.24. The number of hydrogen-bond acceptors (Lipinski definition) is 3. The lowest BCUT2D eigenvalue weighted by Crippen LogP contribution is -2.06. The van der Waals surface area contributed by atoms with Crippen LogP contribution in [0, 0.1) is 11.3 Å². The van der Waals surface area contributed by atoms with Crippen LogP contribution in [0.25, 0.3) is 0 Å². The summed E-state index contributed by atoms with van der Waals surface area (Å²) in [7, 11) is 0. The molecule has 0 radical (unpaired) electrons. The van der Waals surface area contributed by atoms with Crippen LogP contribution < -0.4 is 0 Å². The Morgan fingerprint density at radius 3 is 3.00 bits per heavy atom. The second-order valence-corrected chi connectivity index (χ2v) is 3.78. The first kappa shape index (κ1) is 9.24. The second kappa shape index (κ2) is 4.24. The fourth-order valence-electron chi connectivity index (χ4n) is 1.08. The molecule has 2 nitrogen and oxygen atoms in total. The number of hydrogen-bond donors (Lipinski definition) is 1. The summed E-state index contributed by atoms with van der Waals surface area (Å²) in [4.78, 5) is 1.23. The summed E-state index contributed by atoms with van der Waals surface area (Å²) in [6.45, 7) is 2.02. The van der Waals surface area contributed by atoms with E-state index in [1.165, 1.54) is 4.88 Å². The predicted octanol–water partition coefficient (Wildman–Crippen LogP) is 2.13. The van der Waals surface area contributed by atoms with Gasteiger partial charge in [-0.05, 0) is 23.8 Å². The van der Waals surface area contributed by atoms with Crippen LogP contribution in [0.1, 0.15) is 24.1 Å². The van der Waals surface area contributed by atoms with E-state index in [4.69, 9.17) is 10.4 Å². The van der Waals surface area contributed by atoms with E-state index < -0.39 is 6.10 Å². The highest BCUT2D eigenvalue weighted by molar-refractivity contribution is 7.10. The van der Waals surface area contributed by atoms with Gasteiger partial charge in [0.15, 0.2) is 0 Å². The van der Waals surface area contributed by atoms with Gasteiger partial charge in [-0.1, -0.05) is 13.0 Å². The van der Waals surface area contributed by atoms with Gasteiger partial charge in [-0.3, -0.25) is 0 Å². The van der Waals surface area contributed by atoms with Gasteiger partial charge < -0.3 is 5.11 Å². The molecule has 1 heterocycles. The number of thiophene rings is 1. The van der Waals surface area contributed by atoms with E-state index in [-0.39, 0.29) is 5.92 Å². The maximum atomic E-state index is 9.07. The van der Waals surface area contributed by atoms with Crippen molar-refractivity contribution >= 4 is 11.3 Å². The Labute approximate surface area is 76.1 Å². The molecular formula is C9H11NOS. The van der Waals surface area contributed by atoms with Crippen LogP contribution in [-0.2, 0) is 0 Å². The minimum absolute atomic E-state index is 0.277. The fourth-order valence-corrected chi connectivity index (χ4v) is 1.88. The lowest BCUT2D eigenvalue weighted by molar-refractivity contribution is 0.211. The normalized spacial score (nSPS) is 15.1. The fraction of sp³-hybridized carbons (Fsp3) is 0.444. The molecular weight excluding hydrogens is 170 g/mol. The summed E-state index contributed by atoms with van der Waals surface area (Å²) in [5.74, 6) is 0.277. The molecule has 64 valence electrons. The summed E-state index contributed by atoms with van der Waals surface area (Å²) in [6, 6.07) is 5.83. The summed E-state index contributed by atoms with van der Waals surface area (Å²) in [6.07, 6.45) is -0.307. The van der Waals surface area contributed by atoms with Gasteiger partial charge in [-0.15, -0.1) is 11.3 Å². The van der Waals surface area contributed by atoms with Gasteiger partial charge in [0.1, 0.15) is 6.10 Å².